The first-order valence-corrected chi connectivity index (χ1v) is 6.71. The first-order chi connectivity index (χ1) is 9.82. The molecule has 0 atom stereocenters. The number of nitro benzene ring substituents is 1. The average molecular weight is 294 g/mol. The van der Waals surface area contributed by atoms with Gasteiger partial charge in [0.05, 0.1) is 10.5 Å². The number of carboxylic acid groups (broad SMARTS) is 1. The van der Waals surface area contributed by atoms with Crippen LogP contribution in [0.15, 0.2) is 12.1 Å². The van der Waals surface area contributed by atoms with Gasteiger partial charge < -0.3 is 15.2 Å². The summed E-state index contributed by atoms with van der Waals surface area (Å²) in [6.07, 6.45) is 1.52. The highest BCUT2D eigenvalue weighted by atomic mass is 16.6. The van der Waals surface area contributed by atoms with Crippen LogP contribution < -0.4 is 5.32 Å². The van der Waals surface area contributed by atoms with Crippen LogP contribution in [-0.4, -0.2) is 34.8 Å². The van der Waals surface area contributed by atoms with E-state index in [0.717, 1.165) is 18.9 Å². The Hall–Kier alpha value is -2.15. The Morgan fingerprint density at radius 3 is 2.57 bits per heavy atom. The molecule has 1 heterocycles. The van der Waals surface area contributed by atoms with Crippen molar-refractivity contribution in [3.8, 4) is 0 Å². The molecule has 7 nitrogen and oxygen atoms in total. The molecule has 1 aliphatic heterocycles. The molecule has 2 N–H and O–H groups in total. The molecule has 114 valence electrons. The number of hydrogen-bond donors (Lipinski definition) is 2. The molecule has 21 heavy (non-hydrogen) atoms. The highest BCUT2D eigenvalue weighted by Gasteiger charge is 2.29. The summed E-state index contributed by atoms with van der Waals surface area (Å²) in [5.74, 6) is -1.18. The number of anilines is 1. The summed E-state index contributed by atoms with van der Waals surface area (Å²) in [6, 6.07) is 2.54. The summed E-state index contributed by atoms with van der Waals surface area (Å²) in [5.41, 5.74) is 0.399. The van der Waals surface area contributed by atoms with Gasteiger partial charge in [0.15, 0.2) is 0 Å². The molecule has 0 aromatic heterocycles. The third-order valence-corrected chi connectivity index (χ3v) is 3.86. The fourth-order valence-electron chi connectivity index (χ4n) is 2.41. The molecule has 1 aliphatic rings. The second-order valence-corrected chi connectivity index (χ2v) is 5.53. The number of rotatable bonds is 4. The monoisotopic (exact) mass is 294 g/mol. The molecule has 1 aromatic rings. The first kappa shape index (κ1) is 15.2. The molecule has 7 heteroatoms. The molecule has 0 aliphatic carbocycles. The van der Waals surface area contributed by atoms with E-state index in [2.05, 4.69) is 5.32 Å². The fraction of sp³-hybridized carbons (Fsp3) is 0.500. The molecule has 1 saturated heterocycles. The van der Waals surface area contributed by atoms with Gasteiger partial charge in [0, 0.05) is 36.1 Å². The lowest BCUT2D eigenvalue weighted by molar-refractivity contribution is -0.385. The maximum absolute atomic E-state index is 11.1. The van der Waals surface area contributed by atoms with Gasteiger partial charge in [-0.25, -0.2) is 4.79 Å². The third-order valence-electron chi connectivity index (χ3n) is 3.86. The van der Waals surface area contributed by atoms with Gasteiger partial charge >= 0.3 is 5.97 Å². The van der Waals surface area contributed by atoms with E-state index in [9.17, 15) is 14.9 Å². The van der Waals surface area contributed by atoms with Crippen molar-refractivity contribution in [2.75, 3.05) is 18.5 Å². The first-order valence-electron chi connectivity index (χ1n) is 6.71. The summed E-state index contributed by atoms with van der Waals surface area (Å²) >= 11 is 0. The van der Waals surface area contributed by atoms with Crippen LogP contribution in [0.5, 0.6) is 0 Å². The van der Waals surface area contributed by atoms with Gasteiger partial charge in [0.25, 0.3) is 5.69 Å². The zero-order chi connectivity index (χ0) is 15.6. The summed E-state index contributed by atoms with van der Waals surface area (Å²) < 4.78 is 5.31. The van der Waals surface area contributed by atoms with Crippen LogP contribution in [0.1, 0.15) is 35.7 Å². The molecule has 2 rings (SSSR count). The zero-order valence-electron chi connectivity index (χ0n) is 12.0. The predicted octanol–water partition coefficient (Wildman–Crippen LogP) is 2.58. The summed E-state index contributed by atoms with van der Waals surface area (Å²) in [7, 11) is 0. The Bertz CT molecular complexity index is 579. The highest BCUT2D eigenvalue weighted by molar-refractivity contribution is 5.90. The largest absolute Gasteiger partial charge is 0.478 e. The third kappa shape index (κ3) is 3.30. The van der Waals surface area contributed by atoms with E-state index in [0.29, 0.717) is 24.5 Å². The molecule has 0 radical (unpaired) electrons. The number of nitro groups is 1. The van der Waals surface area contributed by atoms with Crippen molar-refractivity contribution < 1.29 is 19.6 Å². The van der Waals surface area contributed by atoms with E-state index in [1.807, 2.05) is 6.92 Å². The van der Waals surface area contributed by atoms with Crippen molar-refractivity contribution in [1.82, 2.24) is 0 Å². The predicted molar refractivity (Wildman–Crippen MR) is 76.9 cm³/mol. The number of nitrogens with one attached hydrogen (secondary N) is 1. The van der Waals surface area contributed by atoms with Crippen LogP contribution in [0.25, 0.3) is 0 Å². The number of benzene rings is 1. The lowest BCUT2D eigenvalue weighted by Crippen LogP contribution is -2.40. The standard InChI is InChI=1S/C14H18N2O5/c1-9-11(15-14(2)3-5-21-6-4-14)7-10(13(17)18)8-12(9)16(19)20/h7-8,15H,3-6H2,1-2H3,(H,17,18). The van der Waals surface area contributed by atoms with Crippen LogP contribution in [0.2, 0.25) is 0 Å². The Kier molecular flexibility index (Phi) is 4.13. The molecular weight excluding hydrogens is 276 g/mol. The van der Waals surface area contributed by atoms with Crippen LogP contribution >= 0.6 is 0 Å². The molecule has 0 amide bonds. The maximum Gasteiger partial charge on any atom is 0.336 e. The second-order valence-electron chi connectivity index (χ2n) is 5.53. The average Bonchev–Trinajstić information content (AvgIpc) is 2.41. The molecule has 0 unspecified atom stereocenters. The van der Waals surface area contributed by atoms with Crippen molar-refractivity contribution in [2.45, 2.75) is 32.2 Å². The van der Waals surface area contributed by atoms with E-state index in [-0.39, 0.29) is 16.8 Å². The Morgan fingerprint density at radius 2 is 2.05 bits per heavy atom. The van der Waals surface area contributed by atoms with Crippen molar-refractivity contribution in [3.05, 3.63) is 33.4 Å². The van der Waals surface area contributed by atoms with Crippen molar-refractivity contribution >= 4 is 17.3 Å². The van der Waals surface area contributed by atoms with E-state index in [1.54, 1.807) is 6.92 Å². The normalized spacial score (nSPS) is 17.2. The number of hydrogen-bond acceptors (Lipinski definition) is 5. The maximum atomic E-state index is 11.1. The number of carbonyl (C=O) groups is 1. The van der Waals surface area contributed by atoms with Crippen LogP contribution in [0.3, 0.4) is 0 Å². The van der Waals surface area contributed by atoms with Crippen molar-refractivity contribution in [2.24, 2.45) is 0 Å². The Balaban J connectivity index is 2.41. The topological polar surface area (TPSA) is 102 Å². The molecule has 0 spiro atoms. The summed E-state index contributed by atoms with van der Waals surface area (Å²) in [5, 5.41) is 23.5. The summed E-state index contributed by atoms with van der Waals surface area (Å²) in [4.78, 5) is 21.7. The number of nitrogens with zero attached hydrogens (tertiary/aromatic N) is 1. The number of carboxylic acids is 1. The van der Waals surface area contributed by atoms with Crippen LogP contribution in [-0.2, 0) is 4.74 Å². The van der Waals surface area contributed by atoms with Gasteiger partial charge in [-0.15, -0.1) is 0 Å². The van der Waals surface area contributed by atoms with Gasteiger partial charge in [-0.05, 0) is 32.8 Å². The minimum Gasteiger partial charge on any atom is -0.478 e. The lowest BCUT2D eigenvalue weighted by atomic mass is 9.91. The van der Waals surface area contributed by atoms with Gasteiger partial charge in [0.2, 0.25) is 0 Å². The smallest absolute Gasteiger partial charge is 0.336 e. The fourth-order valence-corrected chi connectivity index (χ4v) is 2.41. The van der Waals surface area contributed by atoms with Gasteiger partial charge in [-0.3, -0.25) is 10.1 Å². The lowest BCUT2D eigenvalue weighted by Gasteiger charge is -2.36. The number of ether oxygens (including phenoxy) is 1. The molecule has 0 bridgehead atoms. The molecule has 1 aromatic carbocycles. The van der Waals surface area contributed by atoms with Crippen LogP contribution in [0.4, 0.5) is 11.4 Å². The zero-order valence-corrected chi connectivity index (χ0v) is 12.0. The Morgan fingerprint density at radius 1 is 1.43 bits per heavy atom. The number of aromatic carboxylic acids is 1. The van der Waals surface area contributed by atoms with Crippen molar-refractivity contribution in [1.29, 1.82) is 0 Å². The van der Waals surface area contributed by atoms with E-state index in [4.69, 9.17) is 9.84 Å². The Labute approximate surface area is 122 Å². The SMILES string of the molecule is Cc1c(NC2(C)CCOCC2)cc(C(=O)O)cc1[N+](=O)[O-]. The van der Waals surface area contributed by atoms with Gasteiger partial charge in [-0.1, -0.05) is 0 Å². The summed E-state index contributed by atoms with van der Waals surface area (Å²) in [6.45, 7) is 4.86. The van der Waals surface area contributed by atoms with E-state index in [1.165, 1.54) is 6.07 Å². The van der Waals surface area contributed by atoms with Crippen molar-refractivity contribution in [3.63, 3.8) is 0 Å². The minimum atomic E-state index is -1.18. The molecular formula is C14H18N2O5. The van der Waals surface area contributed by atoms with Gasteiger partial charge in [-0.2, -0.15) is 0 Å². The van der Waals surface area contributed by atoms with Gasteiger partial charge in [0.1, 0.15) is 0 Å². The highest BCUT2D eigenvalue weighted by Crippen LogP contribution is 2.32. The van der Waals surface area contributed by atoms with E-state index < -0.39 is 10.9 Å². The van der Waals surface area contributed by atoms with E-state index >= 15 is 0 Å². The quantitative estimate of drug-likeness (QED) is 0.653. The molecule has 1 fully saturated rings. The minimum absolute atomic E-state index is 0.0922. The second kappa shape index (κ2) is 5.69. The van der Waals surface area contributed by atoms with Crippen LogP contribution in [0, 0.1) is 17.0 Å². The molecule has 0 saturated carbocycles.